The number of aromatic nitrogens is 4. The van der Waals surface area contributed by atoms with Gasteiger partial charge in [0.1, 0.15) is 5.82 Å². The SMILES string of the molecule is Cc1cccc(CN2CCCC(c3nn(C)c(=O)n3-c3ccccc3)C2)n1. The normalized spacial score (nSPS) is 17.9. The van der Waals surface area contributed by atoms with Crippen molar-refractivity contribution in [2.24, 2.45) is 7.05 Å². The molecule has 6 nitrogen and oxygen atoms in total. The van der Waals surface area contributed by atoms with Gasteiger partial charge in [0.25, 0.3) is 0 Å². The molecule has 1 fully saturated rings. The third kappa shape index (κ3) is 3.71. The van der Waals surface area contributed by atoms with Crippen LogP contribution in [0.25, 0.3) is 5.69 Å². The van der Waals surface area contributed by atoms with Crippen LogP contribution in [0, 0.1) is 6.92 Å². The maximum Gasteiger partial charge on any atom is 0.350 e. The maximum absolute atomic E-state index is 12.7. The minimum Gasteiger partial charge on any atom is -0.297 e. The Balaban J connectivity index is 1.60. The average Bonchev–Trinajstić information content (AvgIpc) is 2.98. The molecule has 0 bridgehead atoms. The fraction of sp³-hybridized carbons (Fsp3) is 0.381. The van der Waals surface area contributed by atoms with Crippen LogP contribution in [0.4, 0.5) is 0 Å². The van der Waals surface area contributed by atoms with Crippen molar-refractivity contribution in [1.29, 1.82) is 0 Å². The predicted molar refractivity (Wildman–Crippen MR) is 105 cm³/mol. The number of benzene rings is 1. The lowest BCUT2D eigenvalue weighted by Gasteiger charge is -2.32. The van der Waals surface area contributed by atoms with Crippen molar-refractivity contribution in [3.05, 3.63) is 76.2 Å². The number of hydrogen-bond acceptors (Lipinski definition) is 4. The molecule has 0 spiro atoms. The third-order valence-corrected chi connectivity index (χ3v) is 5.17. The molecule has 2 aromatic heterocycles. The molecule has 140 valence electrons. The summed E-state index contributed by atoms with van der Waals surface area (Å²) in [5.74, 6) is 1.09. The molecule has 3 heterocycles. The van der Waals surface area contributed by atoms with Gasteiger partial charge in [-0.1, -0.05) is 24.3 Å². The van der Waals surface area contributed by atoms with Crippen LogP contribution < -0.4 is 5.69 Å². The number of pyridine rings is 1. The van der Waals surface area contributed by atoms with Gasteiger partial charge in [0, 0.05) is 31.7 Å². The van der Waals surface area contributed by atoms with E-state index in [4.69, 9.17) is 0 Å². The summed E-state index contributed by atoms with van der Waals surface area (Å²) in [6.07, 6.45) is 2.14. The minimum absolute atomic E-state index is 0.0892. The van der Waals surface area contributed by atoms with Crippen LogP contribution in [0.3, 0.4) is 0 Å². The molecule has 0 saturated carbocycles. The Labute approximate surface area is 159 Å². The van der Waals surface area contributed by atoms with Gasteiger partial charge >= 0.3 is 5.69 Å². The van der Waals surface area contributed by atoms with Gasteiger partial charge in [0.15, 0.2) is 0 Å². The van der Waals surface area contributed by atoms with Crippen LogP contribution in [0.15, 0.2) is 53.3 Å². The first-order valence-electron chi connectivity index (χ1n) is 9.48. The Morgan fingerprint density at radius 3 is 2.70 bits per heavy atom. The van der Waals surface area contributed by atoms with E-state index in [1.54, 1.807) is 11.6 Å². The van der Waals surface area contributed by atoms with Crippen LogP contribution in [0.2, 0.25) is 0 Å². The summed E-state index contributed by atoms with van der Waals surface area (Å²) < 4.78 is 3.21. The first-order valence-corrected chi connectivity index (χ1v) is 9.48. The second-order valence-electron chi connectivity index (χ2n) is 7.28. The molecule has 0 N–H and O–H groups in total. The van der Waals surface area contributed by atoms with Gasteiger partial charge in [0.2, 0.25) is 0 Å². The number of likely N-dealkylation sites (tertiary alicyclic amines) is 1. The largest absolute Gasteiger partial charge is 0.350 e. The van der Waals surface area contributed by atoms with Crippen molar-refractivity contribution in [2.75, 3.05) is 13.1 Å². The lowest BCUT2D eigenvalue weighted by Crippen LogP contribution is -2.35. The van der Waals surface area contributed by atoms with Crippen molar-refractivity contribution in [2.45, 2.75) is 32.2 Å². The Morgan fingerprint density at radius 1 is 1.11 bits per heavy atom. The molecule has 27 heavy (non-hydrogen) atoms. The van der Waals surface area contributed by atoms with E-state index < -0.39 is 0 Å². The molecule has 1 atom stereocenters. The smallest absolute Gasteiger partial charge is 0.297 e. The van der Waals surface area contributed by atoms with E-state index in [1.807, 2.05) is 43.3 Å². The number of nitrogens with zero attached hydrogens (tertiary/aromatic N) is 5. The quantitative estimate of drug-likeness (QED) is 0.715. The van der Waals surface area contributed by atoms with E-state index in [-0.39, 0.29) is 11.6 Å². The molecule has 0 amide bonds. The molecular weight excluding hydrogens is 338 g/mol. The number of para-hydroxylation sites is 1. The fourth-order valence-electron chi connectivity index (χ4n) is 3.89. The van der Waals surface area contributed by atoms with Gasteiger partial charge in [-0.15, -0.1) is 0 Å². The van der Waals surface area contributed by atoms with Crippen LogP contribution in [-0.2, 0) is 13.6 Å². The van der Waals surface area contributed by atoms with Crippen molar-refractivity contribution in [3.63, 3.8) is 0 Å². The van der Waals surface area contributed by atoms with E-state index in [9.17, 15) is 4.79 Å². The number of piperidine rings is 1. The van der Waals surface area contributed by atoms with E-state index in [0.29, 0.717) is 0 Å². The van der Waals surface area contributed by atoms with Crippen LogP contribution in [-0.4, -0.2) is 37.3 Å². The van der Waals surface area contributed by atoms with Gasteiger partial charge in [-0.3, -0.25) is 9.88 Å². The Hall–Kier alpha value is -2.73. The lowest BCUT2D eigenvalue weighted by molar-refractivity contribution is 0.193. The predicted octanol–water partition coefficient (Wildman–Crippen LogP) is 2.65. The minimum atomic E-state index is -0.0892. The summed E-state index contributed by atoms with van der Waals surface area (Å²) in [6.45, 7) is 4.79. The highest BCUT2D eigenvalue weighted by Gasteiger charge is 2.27. The summed E-state index contributed by atoms with van der Waals surface area (Å²) in [5, 5.41) is 4.59. The number of rotatable bonds is 4. The standard InChI is InChI=1S/C21H25N5O/c1-16-8-6-10-18(22-16)15-25-13-7-9-17(14-25)20-23-24(2)21(27)26(20)19-11-4-3-5-12-19/h3-6,8,10-12,17H,7,9,13-15H2,1-2H3. The van der Waals surface area contributed by atoms with Crippen molar-refractivity contribution >= 4 is 0 Å². The maximum atomic E-state index is 12.7. The highest BCUT2D eigenvalue weighted by Crippen LogP contribution is 2.27. The molecular formula is C21H25N5O. The number of aryl methyl sites for hydroxylation is 2. The molecule has 1 aliphatic heterocycles. The van der Waals surface area contributed by atoms with E-state index >= 15 is 0 Å². The number of hydrogen-bond donors (Lipinski definition) is 0. The van der Waals surface area contributed by atoms with Crippen LogP contribution >= 0.6 is 0 Å². The van der Waals surface area contributed by atoms with E-state index in [2.05, 4.69) is 27.1 Å². The summed E-state index contributed by atoms with van der Waals surface area (Å²) in [5.41, 5.74) is 2.93. The first-order chi connectivity index (χ1) is 13.1. The first kappa shape index (κ1) is 17.7. The Kier molecular flexibility index (Phi) is 4.90. The molecule has 6 heteroatoms. The third-order valence-electron chi connectivity index (χ3n) is 5.17. The molecule has 0 aliphatic carbocycles. The summed E-state index contributed by atoms with van der Waals surface area (Å²) in [4.78, 5) is 19.7. The second kappa shape index (κ2) is 7.48. The average molecular weight is 363 g/mol. The van der Waals surface area contributed by atoms with Crippen molar-refractivity contribution in [3.8, 4) is 5.69 Å². The molecule has 1 aliphatic rings. The second-order valence-corrected chi connectivity index (χ2v) is 7.28. The molecule has 3 aromatic rings. The van der Waals surface area contributed by atoms with E-state index in [1.165, 1.54) is 4.68 Å². The molecule has 4 rings (SSSR count). The summed E-state index contributed by atoms with van der Waals surface area (Å²) in [7, 11) is 1.72. The van der Waals surface area contributed by atoms with Gasteiger partial charge in [-0.25, -0.2) is 14.0 Å². The highest BCUT2D eigenvalue weighted by molar-refractivity contribution is 5.33. The molecule has 1 saturated heterocycles. The van der Waals surface area contributed by atoms with Gasteiger partial charge in [0.05, 0.1) is 11.4 Å². The fourth-order valence-corrected chi connectivity index (χ4v) is 3.89. The zero-order chi connectivity index (χ0) is 18.8. The summed E-state index contributed by atoms with van der Waals surface area (Å²) in [6, 6.07) is 16.0. The zero-order valence-corrected chi connectivity index (χ0v) is 15.9. The zero-order valence-electron chi connectivity index (χ0n) is 15.9. The van der Waals surface area contributed by atoms with Gasteiger partial charge in [-0.05, 0) is 50.6 Å². The Morgan fingerprint density at radius 2 is 1.93 bits per heavy atom. The van der Waals surface area contributed by atoms with E-state index in [0.717, 1.165) is 55.4 Å². The molecule has 0 radical (unpaired) electrons. The summed E-state index contributed by atoms with van der Waals surface area (Å²) >= 11 is 0. The highest BCUT2D eigenvalue weighted by atomic mass is 16.2. The Bertz CT molecular complexity index is 976. The topological polar surface area (TPSA) is 56.0 Å². The van der Waals surface area contributed by atoms with Gasteiger partial charge < -0.3 is 0 Å². The van der Waals surface area contributed by atoms with Gasteiger partial charge in [-0.2, -0.15) is 5.10 Å². The van der Waals surface area contributed by atoms with Crippen molar-refractivity contribution < 1.29 is 0 Å². The lowest BCUT2D eigenvalue weighted by atomic mass is 9.96. The molecule has 1 unspecified atom stereocenters. The van der Waals surface area contributed by atoms with Crippen LogP contribution in [0.5, 0.6) is 0 Å². The van der Waals surface area contributed by atoms with Crippen LogP contribution in [0.1, 0.15) is 36.0 Å². The molecule has 1 aromatic carbocycles. The van der Waals surface area contributed by atoms with Crippen molar-refractivity contribution in [1.82, 2.24) is 24.2 Å². The monoisotopic (exact) mass is 363 g/mol.